The van der Waals surface area contributed by atoms with E-state index < -0.39 is 21.8 Å². The Hall–Kier alpha value is -1.30. The third kappa shape index (κ3) is 3.31. The van der Waals surface area contributed by atoms with Gasteiger partial charge in [-0.1, -0.05) is 15.9 Å². The van der Waals surface area contributed by atoms with Crippen molar-refractivity contribution in [3.63, 3.8) is 0 Å². The number of aromatic nitrogens is 1. The van der Waals surface area contributed by atoms with Crippen molar-refractivity contribution in [3.05, 3.63) is 34.5 Å². The van der Waals surface area contributed by atoms with Gasteiger partial charge < -0.3 is 5.11 Å². The summed E-state index contributed by atoms with van der Waals surface area (Å²) in [5, 5.41) is 18.9. The zero-order valence-corrected chi connectivity index (χ0v) is 13.1. The van der Waals surface area contributed by atoms with Crippen molar-refractivity contribution in [3.8, 4) is 6.07 Å². The van der Waals surface area contributed by atoms with E-state index in [9.17, 15) is 18.3 Å². The molecule has 9 heteroatoms. The van der Waals surface area contributed by atoms with Crippen LogP contribution in [0.1, 0.15) is 10.6 Å². The van der Waals surface area contributed by atoms with E-state index in [0.717, 1.165) is 23.5 Å². The molecule has 0 spiro atoms. The summed E-state index contributed by atoms with van der Waals surface area (Å²) in [4.78, 5) is 3.96. The third-order valence-electron chi connectivity index (χ3n) is 2.50. The fourth-order valence-electron chi connectivity index (χ4n) is 1.53. The lowest BCUT2D eigenvalue weighted by Crippen LogP contribution is -2.03. The zero-order valence-electron chi connectivity index (χ0n) is 9.95. The Balaban J connectivity index is 2.59. The molecule has 0 aliphatic rings. The number of halogens is 5. The topological polar surface area (TPSA) is 56.9 Å². The second-order valence-electron chi connectivity index (χ2n) is 3.87. The normalized spacial score (nSPS) is 14.7. The predicted octanol–water partition coefficient (Wildman–Crippen LogP) is 5.07. The van der Waals surface area contributed by atoms with Crippen LogP contribution in [0.15, 0.2) is 24.0 Å². The van der Waals surface area contributed by atoms with Crippen molar-refractivity contribution in [1.82, 2.24) is 4.98 Å². The molecule has 3 nitrogen and oxygen atoms in total. The molecule has 1 atom stereocenters. The highest BCUT2D eigenvalue weighted by Gasteiger charge is 2.31. The molecule has 0 aliphatic carbocycles. The van der Waals surface area contributed by atoms with Crippen molar-refractivity contribution < 1.29 is 18.3 Å². The highest BCUT2D eigenvalue weighted by Crippen LogP contribution is 2.35. The van der Waals surface area contributed by atoms with Crippen molar-refractivity contribution in [2.45, 2.75) is 10.5 Å². The van der Waals surface area contributed by atoms with Crippen LogP contribution in [0.25, 0.3) is 15.8 Å². The molecule has 2 aromatic rings. The van der Waals surface area contributed by atoms with Gasteiger partial charge in [0.15, 0.2) is 0 Å². The van der Waals surface area contributed by atoms with E-state index in [1.165, 1.54) is 6.07 Å². The standard InChI is InChI=1S/C12H5BrClF3N2OS/c13-10(14)9(20)6(4-18)11-19-7-3-5(12(15,16)17)1-2-8(7)21-11/h1-3,10,20H. The molecule has 0 amide bonds. The zero-order chi connectivity index (χ0) is 15.8. The minimum absolute atomic E-state index is 0.103. The van der Waals surface area contributed by atoms with Gasteiger partial charge in [-0.25, -0.2) is 4.98 Å². The van der Waals surface area contributed by atoms with Crippen LogP contribution in [0.2, 0.25) is 0 Å². The van der Waals surface area contributed by atoms with Gasteiger partial charge in [-0.05, 0) is 18.2 Å². The van der Waals surface area contributed by atoms with Gasteiger partial charge in [-0.2, -0.15) is 18.4 Å². The van der Waals surface area contributed by atoms with Gasteiger partial charge in [0.1, 0.15) is 26.7 Å². The first-order chi connectivity index (χ1) is 9.74. The smallest absolute Gasteiger partial charge is 0.416 e. The summed E-state index contributed by atoms with van der Waals surface area (Å²) in [5.41, 5.74) is -0.901. The number of alkyl halides is 5. The van der Waals surface area contributed by atoms with E-state index in [1.807, 2.05) is 0 Å². The number of fused-ring (bicyclic) bond motifs is 1. The largest absolute Gasteiger partial charge is 0.508 e. The van der Waals surface area contributed by atoms with Crippen LogP contribution in [0.4, 0.5) is 13.2 Å². The van der Waals surface area contributed by atoms with Crippen molar-refractivity contribution in [2.24, 2.45) is 0 Å². The quantitative estimate of drug-likeness (QED) is 0.437. The number of hydrogen-bond donors (Lipinski definition) is 1. The second-order valence-corrected chi connectivity index (χ2v) is 6.78. The lowest BCUT2D eigenvalue weighted by Gasteiger charge is -2.04. The van der Waals surface area contributed by atoms with E-state index in [1.54, 1.807) is 6.07 Å². The maximum atomic E-state index is 12.6. The molecule has 1 heterocycles. The molecule has 0 saturated carbocycles. The number of nitrogens with zero attached hydrogens (tertiary/aromatic N) is 2. The molecule has 0 bridgehead atoms. The number of benzene rings is 1. The molecule has 1 aromatic carbocycles. The van der Waals surface area contributed by atoms with Gasteiger partial charge in [0.25, 0.3) is 0 Å². The van der Waals surface area contributed by atoms with Gasteiger partial charge in [-0.15, -0.1) is 22.9 Å². The molecular formula is C12H5BrClF3N2OS. The van der Waals surface area contributed by atoms with Crippen LogP contribution in [0.3, 0.4) is 0 Å². The maximum absolute atomic E-state index is 12.6. The molecule has 110 valence electrons. The molecule has 0 saturated heterocycles. The van der Waals surface area contributed by atoms with Crippen molar-refractivity contribution >= 4 is 54.7 Å². The van der Waals surface area contributed by atoms with Gasteiger partial charge >= 0.3 is 6.18 Å². The number of rotatable bonds is 2. The number of allylic oxidation sites excluding steroid dienone is 2. The van der Waals surface area contributed by atoms with E-state index in [2.05, 4.69) is 20.9 Å². The predicted molar refractivity (Wildman–Crippen MR) is 78.4 cm³/mol. The minimum Gasteiger partial charge on any atom is -0.508 e. The summed E-state index contributed by atoms with van der Waals surface area (Å²) in [7, 11) is 0. The molecule has 1 N–H and O–H groups in total. The van der Waals surface area contributed by atoms with Crippen molar-refractivity contribution in [1.29, 1.82) is 5.26 Å². The number of hydrogen-bond acceptors (Lipinski definition) is 4. The number of aliphatic hydroxyl groups excluding tert-OH is 1. The van der Waals surface area contributed by atoms with Gasteiger partial charge in [0.05, 0.1) is 15.8 Å². The van der Waals surface area contributed by atoms with E-state index in [-0.39, 0.29) is 16.1 Å². The summed E-state index contributed by atoms with van der Waals surface area (Å²) in [6, 6.07) is 4.86. The van der Waals surface area contributed by atoms with Crippen LogP contribution in [0, 0.1) is 11.3 Å². The molecule has 1 unspecified atom stereocenters. The van der Waals surface area contributed by atoms with E-state index in [0.29, 0.717) is 4.70 Å². The van der Waals surface area contributed by atoms with Gasteiger partial charge in [0, 0.05) is 0 Å². The third-order valence-corrected chi connectivity index (χ3v) is 4.20. The van der Waals surface area contributed by atoms with Crippen LogP contribution in [-0.2, 0) is 6.18 Å². The fraction of sp³-hybridized carbons (Fsp3) is 0.167. The highest BCUT2D eigenvalue weighted by molar-refractivity contribution is 9.10. The Morgan fingerprint density at radius 1 is 1.48 bits per heavy atom. The van der Waals surface area contributed by atoms with E-state index in [4.69, 9.17) is 16.9 Å². The molecule has 1 aromatic heterocycles. The Bertz CT molecular complexity index is 764. The van der Waals surface area contributed by atoms with Crippen molar-refractivity contribution in [2.75, 3.05) is 0 Å². The molecular weight excluding hydrogens is 393 g/mol. The van der Waals surface area contributed by atoms with Crippen LogP contribution in [0.5, 0.6) is 0 Å². The first-order valence-electron chi connectivity index (χ1n) is 5.33. The SMILES string of the molecule is N#CC(=C(O)C(Cl)Br)c1nc2cc(C(F)(F)F)ccc2s1. The lowest BCUT2D eigenvalue weighted by molar-refractivity contribution is -0.137. The minimum atomic E-state index is -4.47. The van der Waals surface area contributed by atoms with Gasteiger partial charge in [0.2, 0.25) is 0 Å². The Kier molecular flexibility index (Phi) is 4.46. The average molecular weight is 398 g/mol. The second kappa shape index (κ2) is 5.83. The summed E-state index contributed by atoms with van der Waals surface area (Å²) in [5.74, 6) is -0.436. The number of thiazole rings is 1. The Labute approximate surface area is 134 Å². The van der Waals surface area contributed by atoms with E-state index >= 15 is 0 Å². The number of aliphatic hydroxyl groups is 1. The van der Waals surface area contributed by atoms with Crippen LogP contribution < -0.4 is 0 Å². The summed E-state index contributed by atoms with van der Waals surface area (Å²) in [6.45, 7) is 0. The highest BCUT2D eigenvalue weighted by atomic mass is 79.9. The summed E-state index contributed by atoms with van der Waals surface area (Å²) < 4.78 is 37.4. The molecule has 21 heavy (non-hydrogen) atoms. The fourth-order valence-corrected chi connectivity index (χ4v) is 2.82. The maximum Gasteiger partial charge on any atom is 0.416 e. The Morgan fingerprint density at radius 3 is 2.67 bits per heavy atom. The Morgan fingerprint density at radius 2 is 2.14 bits per heavy atom. The molecule has 0 fully saturated rings. The monoisotopic (exact) mass is 396 g/mol. The molecule has 2 rings (SSSR count). The van der Waals surface area contributed by atoms with Crippen LogP contribution in [-0.4, -0.2) is 14.4 Å². The number of nitriles is 1. The molecule has 0 radical (unpaired) electrons. The van der Waals surface area contributed by atoms with Gasteiger partial charge in [-0.3, -0.25) is 0 Å². The lowest BCUT2D eigenvalue weighted by atomic mass is 10.2. The first-order valence-corrected chi connectivity index (χ1v) is 7.50. The molecule has 0 aliphatic heterocycles. The first kappa shape index (κ1) is 16.1. The summed E-state index contributed by atoms with van der Waals surface area (Å²) in [6.07, 6.45) is -4.47. The summed E-state index contributed by atoms with van der Waals surface area (Å²) >= 11 is 9.51. The van der Waals surface area contributed by atoms with Crippen LogP contribution >= 0.6 is 38.9 Å². The average Bonchev–Trinajstić information content (AvgIpc) is 2.80.